The van der Waals surface area contributed by atoms with Crippen molar-refractivity contribution in [2.24, 2.45) is 0 Å². The van der Waals surface area contributed by atoms with Crippen LogP contribution in [0.1, 0.15) is 29.5 Å². The molecular weight excluding hydrogens is 286 g/mol. The van der Waals surface area contributed by atoms with Gasteiger partial charge in [0.25, 0.3) is 0 Å². The van der Waals surface area contributed by atoms with Gasteiger partial charge in [0.2, 0.25) is 0 Å². The Labute approximate surface area is 136 Å². The van der Waals surface area contributed by atoms with Gasteiger partial charge >= 0.3 is 0 Å². The summed E-state index contributed by atoms with van der Waals surface area (Å²) in [7, 11) is 0. The van der Waals surface area contributed by atoms with E-state index in [1.54, 1.807) is 6.20 Å². The average Bonchev–Trinajstić information content (AvgIpc) is 2.56. The molecule has 2 heterocycles. The first kappa shape index (κ1) is 15.5. The van der Waals surface area contributed by atoms with Crippen LogP contribution in [0.2, 0.25) is 0 Å². The standard InChI is InChI=1S/C19H21N3O/c1-13-9-14(2)18-17(10-13)19(16(11-20)12-22-18)21-6-3-15-4-7-23-8-5-15/h4,9-10,12H,3,5-8H2,1-2H3,(H,21,22). The lowest BCUT2D eigenvalue weighted by molar-refractivity contribution is 0.153. The van der Waals surface area contributed by atoms with Crippen LogP contribution >= 0.6 is 0 Å². The quantitative estimate of drug-likeness (QED) is 0.871. The summed E-state index contributed by atoms with van der Waals surface area (Å²) >= 11 is 0. The van der Waals surface area contributed by atoms with Gasteiger partial charge in [-0.15, -0.1) is 0 Å². The highest BCUT2D eigenvalue weighted by atomic mass is 16.5. The van der Waals surface area contributed by atoms with Crippen molar-refractivity contribution in [2.75, 3.05) is 25.1 Å². The molecule has 3 rings (SSSR count). The Morgan fingerprint density at radius 2 is 2.22 bits per heavy atom. The lowest BCUT2D eigenvalue weighted by Crippen LogP contribution is -2.10. The number of nitrogens with one attached hydrogen (secondary N) is 1. The van der Waals surface area contributed by atoms with Crippen molar-refractivity contribution in [1.82, 2.24) is 4.98 Å². The van der Waals surface area contributed by atoms with E-state index in [1.807, 2.05) is 0 Å². The molecule has 0 fully saturated rings. The molecule has 1 aliphatic rings. The minimum Gasteiger partial charge on any atom is -0.383 e. The third kappa shape index (κ3) is 3.35. The van der Waals surface area contributed by atoms with Crippen LogP contribution in [0, 0.1) is 25.2 Å². The molecule has 23 heavy (non-hydrogen) atoms. The summed E-state index contributed by atoms with van der Waals surface area (Å²) in [6.07, 6.45) is 5.81. The number of nitrogens with zero attached hydrogens (tertiary/aromatic N) is 2. The minimum absolute atomic E-state index is 0.600. The SMILES string of the molecule is Cc1cc(C)c2ncc(C#N)c(NCCC3=CCOCC3)c2c1. The van der Waals surface area contributed by atoms with Crippen molar-refractivity contribution >= 4 is 16.6 Å². The van der Waals surface area contributed by atoms with Gasteiger partial charge in [-0.05, 0) is 38.3 Å². The van der Waals surface area contributed by atoms with Crippen LogP contribution in [-0.2, 0) is 4.74 Å². The fourth-order valence-corrected chi connectivity index (χ4v) is 3.08. The van der Waals surface area contributed by atoms with E-state index >= 15 is 0 Å². The molecule has 4 nitrogen and oxygen atoms in total. The lowest BCUT2D eigenvalue weighted by Gasteiger charge is -2.16. The maximum Gasteiger partial charge on any atom is 0.103 e. The normalized spacial score (nSPS) is 14.4. The summed E-state index contributed by atoms with van der Waals surface area (Å²) in [6.45, 7) is 6.47. The lowest BCUT2D eigenvalue weighted by atomic mass is 10.0. The number of hydrogen-bond donors (Lipinski definition) is 1. The number of ether oxygens (including phenoxy) is 1. The zero-order valence-corrected chi connectivity index (χ0v) is 13.6. The predicted octanol–water partition coefficient (Wildman–Crippen LogP) is 3.87. The maximum absolute atomic E-state index is 9.41. The van der Waals surface area contributed by atoms with Crippen LogP contribution in [0.4, 0.5) is 5.69 Å². The summed E-state index contributed by atoms with van der Waals surface area (Å²) in [5.41, 5.74) is 6.21. The minimum atomic E-state index is 0.600. The molecular formula is C19H21N3O. The molecule has 0 bridgehead atoms. The zero-order valence-electron chi connectivity index (χ0n) is 13.6. The second-order valence-corrected chi connectivity index (χ2v) is 6.00. The van der Waals surface area contributed by atoms with E-state index in [0.29, 0.717) is 5.56 Å². The van der Waals surface area contributed by atoms with E-state index in [0.717, 1.165) is 54.8 Å². The Morgan fingerprint density at radius 3 is 2.96 bits per heavy atom. The number of aromatic nitrogens is 1. The summed E-state index contributed by atoms with van der Waals surface area (Å²) in [4.78, 5) is 4.46. The molecule has 4 heteroatoms. The number of pyridine rings is 1. The molecule has 1 aliphatic heterocycles. The number of anilines is 1. The second-order valence-electron chi connectivity index (χ2n) is 6.00. The number of benzene rings is 1. The molecule has 0 unspecified atom stereocenters. The fraction of sp³-hybridized carbons (Fsp3) is 0.368. The molecule has 0 aliphatic carbocycles. The summed E-state index contributed by atoms with van der Waals surface area (Å²) in [5.74, 6) is 0. The van der Waals surface area contributed by atoms with Gasteiger partial charge in [-0.3, -0.25) is 4.98 Å². The average molecular weight is 307 g/mol. The number of hydrogen-bond acceptors (Lipinski definition) is 4. The molecule has 0 atom stereocenters. The number of rotatable bonds is 4. The van der Waals surface area contributed by atoms with Crippen molar-refractivity contribution in [3.63, 3.8) is 0 Å². The van der Waals surface area contributed by atoms with E-state index in [1.165, 1.54) is 11.1 Å². The number of fused-ring (bicyclic) bond motifs is 1. The molecule has 0 radical (unpaired) electrons. The third-order valence-electron chi connectivity index (χ3n) is 4.23. The molecule has 2 aromatic rings. The molecule has 1 aromatic carbocycles. The van der Waals surface area contributed by atoms with Gasteiger partial charge < -0.3 is 10.1 Å². The van der Waals surface area contributed by atoms with Crippen molar-refractivity contribution in [3.05, 3.63) is 46.7 Å². The molecule has 1 aromatic heterocycles. The van der Waals surface area contributed by atoms with Gasteiger partial charge in [0.05, 0.1) is 30.0 Å². The van der Waals surface area contributed by atoms with E-state index in [-0.39, 0.29) is 0 Å². The van der Waals surface area contributed by atoms with Gasteiger partial charge in [-0.25, -0.2) is 0 Å². The largest absolute Gasteiger partial charge is 0.383 e. The van der Waals surface area contributed by atoms with Gasteiger partial charge in [0, 0.05) is 18.1 Å². The highest BCUT2D eigenvalue weighted by Crippen LogP contribution is 2.29. The summed E-state index contributed by atoms with van der Waals surface area (Å²) in [5, 5.41) is 13.9. The van der Waals surface area contributed by atoms with E-state index in [4.69, 9.17) is 4.74 Å². The van der Waals surface area contributed by atoms with Gasteiger partial charge in [-0.2, -0.15) is 5.26 Å². The van der Waals surface area contributed by atoms with E-state index in [2.05, 4.69) is 48.4 Å². The molecule has 0 spiro atoms. The highest BCUT2D eigenvalue weighted by Gasteiger charge is 2.11. The Bertz CT molecular complexity index is 802. The van der Waals surface area contributed by atoms with Crippen LogP contribution in [0.3, 0.4) is 0 Å². The molecule has 118 valence electrons. The Balaban J connectivity index is 1.89. The molecule has 0 amide bonds. The van der Waals surface area contributed by atoms with Crippen LogP contribution in [0.25, 0.3) is 10.9 Å². The fourth-order valence-electron chi connectivity index (χ4n) is 3.08. The molecule has 1 N–H and O–H groups in total. The Morgan fingerprint density at radius 1 is 1.35 bits per heavy atom. The topological polar surface area (TPSA) is 57.9 Å². The predicted molar refractivity (Wildman–Crippen MR) is 92.6 cm³/mol. The maximum atomic E-state index is 9.41. The van der Waals surface area contributed by atoms with Crippen LogP contribution in [-0.4, -0.2) is 24.7 Å². The van der Waals surface area contributed by atoms with Crippen LogP contribution < -0.4 is 5.32 Å². The Hall–Kier alpha value is -2.38. The first-order valence-corrected chi connectivity index (χ1v) is 7.98. The number of aryl methyl sites for hydroxylation is 2. The van der Waals surface area contributed by atoms with Crippen molar-refractivity contribution in [1.29, 1.82) is 5.26 Å². The van der Waals surface area contributed by atoms with Crippen molar-refractivity contribution in [3.8, 4) is 6.07 Å². The van der Waals surface area contributed by atoms with Gasteiger partial charge in [0.15, 0.2) is 0 Å². The van der Waals surface area contributed by atoms with Crippen LogP contribution in [0.15, 0.2) is 30.0 Å². The smallest absolute Gasteiger partial charge is 0.103 e. The molecule has 0 saturated heterocycles. The van der Waals surface area contributed by atoms with E-state index in [9.17, 15) is 5.26 Å². The number of nitriles is 1. The highest BCUT2D eigenvalue weighted by molar-refractivity contribution is 5.96. The Kier molecular flexibility index (Phi) is 4.59. The van der Waals surface area contributed by atoms with Gasteiger partial charge in [0.1, 0.15) is 6.07 Å². The van der Waals surface area contributed by atoms with Gasteiger partial charge in [-0.1, -0.05) is 23.3 Å². The first-order valence-electron chi connectivity index (χ1n) is 7.98. The molecule has 0 saturated carbocycles. The zero-order chi connectivity index (χ0) is 16.2. The van der Waals surface area contributed by atoms with E-state index < -0.39 is 0 Å². The monoisotopic (exact) mass is 307 g/mol. The van der Waals surface area contributed by atoms with Crippen LogP contribution in [0.5, 0.6) is 0 Å². The van der Waals surface area contributed by atoms with Crippen molar-refractivity contribution in [2.45, 2.75) is 26.7 Å². The summed E-state index contributed by atoms with van der Waals surface area (Å²) in [6, 6.07) is 6.48. The first-order chi connectivity index (χ1) is 11.2. The summed E-state index contributed by atoms with van der Waals surface area (Å²) < 4.78 is 5.34. The third-order valence-corrected chi connectivity index (χ3v) is 4.23. The van der Waals surface area contributed by atoms with Crippen molar-refractivity contribution < 1.29 is 4.74 Å². The second kappa shape index (κ2) is 6.80.